The minimum Gasteiger partial charge on any atom is -0.748 e. The van der Waals surface area contributed by atoms with E-state index in [1.807, 2.05) is 0 Å². The Morgan fingerprint density at radius 2 is 1.06 bits per heavy atom. The molecule has 0 amide bonds. The van der Waals surface area contributed by atoms with Gasteiger partial charge in [-0.2, -0.15) is 0 Å². The molecule has 0 bridgehead atoms. The summed E-state index contributed by atoms with van der Waals surface area (Å²) in [7, 11) is -4.00. The summed E-state index contributed by atoms with van der Waals surface area (Å²) in [6, 6.07) is 0. The fourth-order valence-electron chi connectivity index (χ4n) is 1.80. The molecule has 4 nitrogen and oxygen atoms in total. The third kappa shape index (κ3) is 19.2. The van der Waals surface area contributed by atoms with E-state index < -0.39 is 10.1 Å². The number of unbranched alkanes of at least 4 members (excludes halogenated alkanes) is 9. The van der Waals surface area contributed by atoms with E-state index in [4.69, 9.17) is 5.11 Å². The third-order valence-electron chi connectivity index (χ3n) is 2.80. The summed E-state index contributed by atoms with van der Waals surface area (Å²) in [5.41, 5.74) is 0. The van der Waals surface area contributed by atoms with Crippen molar-refractivity contribution in [2.45, 2.75) is 64.2 Å². The van der Waals surface area contributed by atoms with Crippen LogP contribution in [0.2, 0.25) is 0 Å². The zero-order valence-corrected chi connectivity index (χ0v) is 14.4. The zero-order valence-electron chi connectivity index (χ0n) is 11.6. The smallest absolute Gasteiger partial charge is 0.748 e. The minimum atomic E-state index is -4.00. The Labute approximate surface area is 134 Å². The molecule has 0 rings (SSSR count). The van der Waals surface area contributed by atoms with Crippen LogP contribution in [0.1, 0.15) is 64.2 Å². The van der Waals surface area contributed by atoms with Crippen molar-refractivity contribution in [3.8, 4) is 0 Å². The molecule has 0 fully saturated rings. The van der Waals surface area contributed by atoms with E-state index in [0.29, 0.717) is 13.0 Å². The van der Waals surface area contributed by atoms with Crippen LogP contribution < -0.4 is 29.6 Å². The summed E-state index contributed by atoms with van der Waals surface area (Å²) < 4.78 is 31.0. The van der Waals surface area contributed by atoms with Crippen LogP contribution in [0.5, 0.6) is 0 Å². The van der Waals surface area contributed by atoms with Crippen molar-refractivity contribution in [2.24, 2.45) is 0 Å². The Morgan fingerprint density at radius 1 is 0.722 bits per heavy atom. The first-order valence-corrected chi connectivity index (χ1v) is 8.18. The Bertz CT molecular complexity index is 255. The van der Waals surface area contributed by atoms with Crippen LogP contribution in [0.15, 0.2) is 0 Å². The van der Waals surface area contributed by atoms with Gasteiger partial charge in [-0.1, -0.05) is 51.4 Å². The van der Waals surface area contributed by atoms with Gasteiger partial charge in [-0.15, -0.1) is 0 Å². The molecular weight excluding hydrogens is 263 g/mol. The quantitative estimate of drug-likeness (QED) is 0.296. The van der Waals surface area contributed by atoms with E-state index in [1.54, 1.807) is 0 Å². The standard InChI is InChI=1S/C12H26O4S.Na/c13-11-9-7-5-3-1-2-4-6-8-10-12-17(14,15)16;/h13H,1-12H2,(H,14,15,16);/q;+1/p-1. The molecule has 0 spiro atoms. The maximum absolute atomic E-state index is 10.3. The van der Waals surface area contributed by atoms with Crippen LogP contribution in [0, 0.1) is 0 Å². The van der Waals surface area contributed by atoms with Gasteiger partial charge in [0.1, 0.15) is 0 Å². The summed E-state index contributed by atoms with van der Waals surface area (Å²) in [6.45, 7) is 0.294. The summed E-state index contributed by atoms with van der Waals surface area (Å²) in [5, 5.41) is 8.58. The number of hydrogen-bond acceptors (Lipinski definition) is 4. The first-order chi connectivity index (χ1) is 8.06. The maximum atomic E-state index is 10.3. The first-order valence-electron chi connectivity index (χ1n) is 6.60. The van der Waals surface area contributed by atoms with E-state index in [1.165, 1.54) is 25.7 Å². The second-order valence-electron chi connectivity index (χ2n) is 4.52. The molecule has 104 valence electrons. The normalized spacial score (nSPS) is 11.2. The molecule has 0 aliphatic heterocycles. The van der Waals surface area contributed by atoms with Crippen LogP contribution in [0.4, 0.5) is 0 Å². The molecule has 0 aliphatic rings. The van der Waals surface area contributed by atoms with Crippen LogP contribution in [-0.2, 0) is 10.1 Å². The van der Waals surface area contributed by atoms with Gasteiger partial charge in [-0.3, -0.25) is 0 Å². The van der Waals surface area contributed by atoms with E-state index in [9.17, 15) is 13.0 Å². The molecule has 0 unspecified atom stereocenters. The van der Waals surface area contributed by atoms with E-state index in [2.05, 4.69) is 0 Å². The number of aliphatic hydroxyl groups excluding tert-OH is 1. The van der Waals surface area contributed by atoms with Crippen LogP contribution in [0.3, 0.4) is 0 Å². The molecule has 0 aliphatic carbocycles. The molecule has 0 aromatic carbocycles. The van der Waals surface area contributed by atoms with Gasteiger partial charge in [0.15, 0.2) is 0 Å². The molecule has 18 heavy (non-hydrogen) atoms. The summed E-state index contributed by atoms with van der Waals surface area (Å²) in [6.07, 6.45) is 10.3. The topological polar surface area (TPSA) is 77.4 Å². The van der Waals surface area contributed by atoms with Crippen molar-refractivity contribution >= 4 is 10.1 Å². The van der Waals surface area contributed by atoms with Crippen LogP contribution in [-0.4, -0.2) is 30.4 Å². The number of aliphatic hydroxyl groups is 1. The van der Waals surface area contributed by atoms with Crippen molar-refractivity contribution < 1.29 is 47.6 Å². The average molecular weight is 288 g/mol. The van der Waals surface area contributed by atoms with Crippen molar-refractivity contribution in [3.05, 3.63) is 0 Å². The third-order valence-corrected chi connectivity index (χ3v) is 3.59. The molecule has 0 aromatic heterocycles. The Morgan fingerprint density at radius 3 is 1.39 bits per heavy atom. The molecule has 0 atom stereocenters. The first kappa shape index (κ1) is 21.2. The summed E-state index contributed by atoms with van der Waals surface area (Å²) >= 11 is 0. The van der Waals surface area contributed by atoms with Crippen molar-refractivity contribution in [1.82, 2.24) is 0 Å². The van der Waals surface area contributed by atoms with Crippen LogP contribution in [0.25, 0.3) is 0 Å². The number of rotatable bonds is 12. The van der Waals surface area contributed by atoms with Crippen molar-refractivity contribution in [2.75, 3.05) is 12.4 Å². The summed E-state index contributed by atoms with van der Waals surface area (Å²) in [4.78, 5) is 0. The van der Waals surface area contributed by atoms with Crippen molar-refractivity contribution in [1.29, 1.82) is 0 Å². The molecule has 0 heterocycles. The maximum Gasteiger partial charge on any atom is 1.00 e. The predicted molar refractivity (Wildman–Crippen MR) is 67.8 cm³/mol. The van der Waals surface area contributed by atoms with Gasteiger partial charge in [0, 0.05) is 12.4 Å². The second-order valence-corrected chi connectivity index (χ2v) is 6.04. The second kappa shape index (κ2) is 14.3. The fraction of sp³-hybridized carbons (Fsp3) is 1.00. The fourth-order valence-corrected chi connectivity index (χ4v) is 2.36. The molecule has 6 heteroatoms. The summed E-state index contributed by atoms with van der Waals surface area (Å²) in [5.74, 6) is -0.214. The van der Waals surface area contributed by atoms with E-state index in [0.717, 1.165) is 32.1 Å². The average Bonchev–Trinajstić information content (AvgIpc) is 2.24. The van der Waals surface area contributed by atoms with Crippen molar-refractivity contribution in [3.63, 3.8) is 0 Å². The van der Waals surface area contributed by atoms with Gasteiger partial charge in [-0.05, 0) is 12.8 Å². The molecule has 0 aromatic rings. The van der Waals surface area contributed by atoms with Gasteiger partial charge in [-0.25, -0.2) is 8.42 Å². The largest absolute Gasteiger partial charge is 1.00 e. The van der Waals surface area contributed by atoms with Gasteiger partial charge >= 0.3 is 29.6 Å². The molecule has 0 radical (unpaired) electrons. The van der Waals surface area contributed by atoms with Gasteiger partial charge in [0.05, 0.1) is 10.1 Å². The Hall–Kier alpha value is 0.870. The van der Waals surface area contributed by atoms with E-state index >= 15 is 0 Å². The Kier molecular flexibility index (Phi) is 16.8. The Balaban J connectivity index is 0. The number of hydrogen-bond donors (Lipinski definition) is 1. The molecule has 0 saturated heterocycles. The SMILES string of the molecule is O=S(=O)([O-])CCCCCCCCCCCCO.[Na+]. The van der Waals surface area contributed by atoms with E-state index in [-0.39, 0.29) is 35.3 Å². The zero-order chi connectivity index (χ0) is 13.0. The molecule has 1 N–H and O–H groups in total. The van der Waals surface area contributed by atoms with Gasteiger partial charge < -0.3 is 9.66 Å². The molecule has 0 saturated carbocycles. The van der Waals surface area contributed by atoms with Gasteiger partial charge in [0.2, 0.25) is 0 Å². The monoisotopic (exact) mass is 288 g/mol. The molecular formula is C12H25NaO4S. The minimum absolute atomic E-state index is 0. The van der Waals surface area contributed by atoms with Gasteiger partial charge in [0.25, 0.3) is 0 Å². The van der Waals surface area contributed by atoms with Crippen LogP contribution >= 0.6 is 0 Å². The predicted octanol–water partition coefficient (Wildman–Crippen LogP) is -0.571.